The van der Waals surface area contributed by atoms with Crippen molar-refractivity contribution in [2.45, 2.75) is 6.42 Å². The lowest BCUT2D eigenvalue weighted by molar-refractivity contribution is 0.0697. The number of carbonyl (C=O) groups is 1. The summed E-state index contributed by atoms with van der Waals surface area (Å²) in [7, 11) is 3.90. The number of rotatable bonds is 4. The monoisotopic (exact) mass is 228 g/mol. The molecule has 0 amide bonds. The minimum atomic E-state index is -1.02. The SMILES string of the molecule is CN(C)CCc1cc(C(=O)O)c(Cl)cn1. The van der Waals surface area contributed by atoms with Gasteiger partial charge in [-0.05, 0) is 20.2 Å². The third-order valence-corrected chi connectivity index (χ3v) is 2.26. The smallest absolute Gasteiger partial charge is 0.337 e. The second-order valence-corrected chi connectivity index (χ2v) is 3.92. The molecule has 0 saturated carbocycles. The van der Waals surface area contributed by atoms with Gasteiger partial charge >= 0.3 is 5.97 Å². The molecule has 0 saturated heterocycles. The van der Waals surface area contributed by atoms with Crippen molar-refractivity contribution in [2.75, 3.05) is 20.6 Å². The van der Waals surface area contributed by atoms with Crippen LogP contribution in [0.3, 0.4) is 0 Å². The van der Waals surface area contributed by atoms with Gasteiger partial charge in [-0.2, -0.15) is 0 Å². The maximum Gasteiger partial charge on any atom is 0.337 e. The third kappa shape index (κ3) is 3.49. The predicted molar refractivity (Wildman–Crippen MR) is 58.5 cm³/mol. The Hall–Kier alpha value is -1.13. The first-order valence-corrected chi connectivity index (χ1v) is 4.91. The molecule has 1 aromatic rings. The molecule has 5 heteroatoms. The van der Waals surface area contributed by atoms with Crippen molar-refractivity contribution < 1.29 is 9.90 Å². The molecule has 82 valence electrons. The van der Waals surface area contributed by atoms with Crippen molar-refractivity contribution in [1.29, 1.82) is 0 Å². The lowest BCUT2D eigenvalue weighted by Gasteiger charge is -2.09. The van der Waals surface area contributed by atoms with Crippen LogP contribution >= 0.6 is 11.6 Å². The molecule has 0 atom stereocenters. The summed E-state index contributed by atoms with van der Waals surface area (Å²) >= 11 is 5.70. The summed E-state index contributed by atoms with van der Waals surface area (Å²) in [5.41, 5.74) is 0.853. The normalized spacial score (nSPS) is 10.7. The fraction of sp³-hybridized carbons (Fsp3) is 0.400. The molecule has 0 radical (unpaired) electrons. The number of carboxylic acids is 1. The van der Waals surface area contributed by atoms with Gasteiger partial charge in [0, 0.05) is 24.9 Å². The Morgan fingerprint density at radius 1 is 1.60 bits per heavy atom. The average Bonchev–Trinajstić information content (AvgIpc) is 2.16. The van der Waals surface area contributed by atoms with Crippen molar-refractivity contribution in [1.82, 2.24) is 9.88 Å². The van der Waals surface area contributed by atoms with Gasteiger partial charge in [0.05, 0.1) is 10.6 Å². The van der Waals surface area contributed by atoms with E-state index in [0.29, 0.717) is 6.42 Å². The van der Waals surface area contributed by atoms with Gasteiger partial charge < -0.3 is 10.0 Å². The number of aromatic carboxylic acids is 1. The van der Waals surface area contributed by atoms with Crippen LogP contribution in [0.25, 0.3) is 0 Å². The van der Waals surface area contributed by atoms with E-state index in [0.717, 1.165) is 12.2 Å². The lowest BCUT2D eigenvalue weighted by Crippen LogP contribution is -2.16. The minimum Gasteiger partial charge on any atom is -0.478 e. The molecule has 1 heterocycles. The fourth-order valence-corrected chi connectivity index (χ4v) is 1.30. The largest absolute Gasteiger partial charge is 0.478 e. The zero-order valence-electron chi connectivity index (χ0n) is 8.70. The molecule has 0 unspecified atom stereocenters. The van der Waals surface area contributed by atoms with Gasteiger partial charge in [-0.15, -0.1) is 0 Å². The Bertz CT molecular complexity index is 366. The molecule has 15 heavy (non-hydrogen) atoms. The summed E-state index contributed by atoms with van der Waals surface area (Å²) < 4.78 is 0. The Morgan fingerprint density at radius 2 is 2.27 bits per heavy atom. The standard InChI is InChI=1S/C10H13ClN2O2/c1-13(2)4-3-7-5-8(10(14)15)9(11)6-12-7/h5-6H,3-4H2,1-2H3,(H,14,15). The highest BCUT2D eigenvalue weighted by atomic mass is 35.5. The molecule has 0 spiro atoms. The molecule has 0 fully saturated rings. The second kappa shape index (κ2) is 5.09. The third-order valence-electron chi connectivity index (χ3n) is 1.96. The summed E-state index contributed by atoms with van der Waals surface area (Å²) in [6, 6.07) is 1.52. The van der Waals surface area contributed by atoms with Crippen molar-refractivity contribution in [2.24, 2.45) is 0 Å². The number of halogens is 1. The minimum absolute atomic E-state index is 0.112. The lowest BCUT2D eigenvalue weighted by atomic mass is 10.2. The van der Waals surface area contributed by atoms with Gasteiger partial charge in [0.2, 0.25) is 0 Å². The van der Waals surface area contributed by atoms with Gasteiger partial charge in [0.1, 0.15) is 0 Å². The summed E-state index contributed by atoms with van der Waals surface area (Å²) in [4.78, 5) is 16.9. The second-order valence-electron chi connectivity index (χ2n) is 3.51. The maximum absolute atomic E-state index is 10.8. The molecule has 1 rings (SSSR count). The van der Waals surface area contributed by atoms with E-state index in [1.807, 2.05) is 19.0 Å². The number of likely N-dealkylation sites (N-methyl/N-ethyl adjacent to an activating group) is 1. The summed E-state index contributed by atoms with van der Waals surface area (Å²) in [6.45, 7) is 0.827. The van der Waals surface area contributed by atoms with Crippen LogP contribution < -0.4 is 0 Å². The quantitative estimate of drug-likeness (QED) is 0.850. The van der Waals surface area contributed by atoms with Gasteiger partial charge in [-0.3, -0.25) is 4.98 Å². The van der Waals surface area contributed by atoms with Crippen LogP contribution in [0.4, 0.5) is 0 Å². The zero-order valence-corrected chi connectivity index (χ0v) is 9.45. The first-order chi connectivity index (χ1) is 7.00. The molecule has 0 aliphatic rings. The van der Waals surface area contributed by atoms with Crippen molar-refractivity contribution >= 4 is 17.6 Å². The molecule has 4 nitrogen and oxygen atoms in total. The number of hydrogen-bond donors (Lipinski definition) is 1. The van der Waals surface area contributed by atoms with E-state index in [2.05, 4.69) is 4.98 Å². The maximum atomic E-state index is 10.8. The number of nitrogens with zero attached hydrogens (tertiary/aromatic N) is 2. The van der Waals surface area contributed by atoms with Crippen LogP contribution in [-0.4, -0.2) is 41.6 Å². The molecule has 0 aromatic carbocycles. The van der Waals surface area contributed by atoms with E-state index >= 15 is 0 Å². The van der Waals surface area contributed by atoms with Crippen molar-refractivity contribution in [3.05, 3.63) is 28.5 Å². The predicted octanol–water partition coefficient (Wildman–Crippen LogP) is 1.54. The number of carboxylic acid groups (broad SMARTS) is 1. The van der Waals surface area contributed by atoms with Crippen LogP contribution in [0, 0.1) is 0 Å². The van der Waals surface area contributed by atoms with Crippen LogP contribution in [0.5, 0.6) is 0 Å². The summed E-state index contributed by atoms with van der Waals surface area (Å²) in [6.07, 6.45) is 2.10. The molecular formula is C10H13ClN2O2. The van der Waals surface area contributed by atoms with E-state index in [1.165, 1.54) is 12.3 Å². The Labute approximate surface area is 93.5 Å². The average molecular weight is 229 g/mol. The van der Waals surface area contributed by atoms with Crippen LogP contribution in [0.2, 0.25) is 5.02 Å². The molecule has 1 N–H and O–H groups in total. The fourth-order valence-electron chi connectivity index (χ4n) is 1.12. The molecular weight excluding hydrogens is 216 g/mol. The van der Waals surface area contributed by atoms with E-state index in [4.69, 9.17) is 16.7 Å². The zero-order chi connectivity index (χ0) is 11.4. The van der Waals surface area contributed by atoms with Crippen molar-refractivity contribution in [3.63, 3.8) is 0 Å². The van der Waals surface area contributed by atoms with E-state index in [-0.39, 0.29) is 10.6 Å². The highest BCUT2D eigenvalue weighted by Crippen LogP contribution is 2.15. The molecule has 0 aliphatic heterocycles. The van der Waals surface area contributed by atoms with Crippen LogP contribution in [0.1, 0.15) is 16.1 Å². The van der Waals surface area contributed by atoms with Gasteiger partial charge in [0.15, 0.2) is 0 Å². The van der Waals surface area contributed by atoms with E-state index in [1.54, 1.807) is 0 Å². The molecule has 0 aliphatic carbocycles. The van der Waals surface area contributed by atoms with Gasteiger partial charge in [-0.25, -0.2) is 4.79 Å². The van der Waals surface area contributed by atoms with Gasteiger partial charge in [-0.1, -0.05) is 11.6 Å². The van der Waals surface area contributed by atoms with E-state index in [9.17, 15) is 4.79 Å². The Morgan fingerprint density at radius 3 is 2.80 bits per heavy atom. The Balaban J connectivity index is 2.83. The topological polar surface area (TPSA) is 53.4 Å². The molecule has 1 aromatic heterocycles. The van der Waals surface area contributed by atoms with Crippen LogP contribution in [0.15, 0.2) is 12.3 Å². The Kier molecular flexibility index (Phi) is 4.05. The number of hydrogen-bond acceptors (Lipinski definition) is 3. The van der Waals surface area contributed by atoms with Gasteiger partial charge in [0.25, 0.3) is 0 Å². The molecule has 0 bridgehead atoms. The number of aromatic nitrogens is 1. The first-order valence-electron chi connectivity index (χ1n) is 4.53. The van der Waals surface area contributed by atoms with E-state index < -0.39 is 5.97 Å². The number of pyridine rings is 1. The highest BCUT2D eigenvalue weighted by Gasteiger charge is 2.10. The first kappa shape index (κ1) is 11.9. The summed E-state index contributed by atoms with van der Waals surface area (Å²) in [5.74, 6) is -1.02. The van der Waals surface area contributed by atoms with Crippen LogP contribution in [-0.2, 0) is 6.42 Å². The summed E-state index contributed by atoms with van der Waals surface area (Å²) in [5, 5.41) is 9.02. The highest BCUT2D eigenvalue weighted by molar-refractivity contribution is 6.33. The van der Waals surface area contributed by atoms with Crippen molar-refractivity contribution in [3.8, 4) is 0 Å².